The number of benzene rings is 2. The Hall–Kier alpha value is -2.22. The predicted octanol–water partition coefficient (Wildman–Crippen LogP) is 2.91. The Bertz CT molecular complexity index is 808. The molecule has 2 aromatic carbocycles. The van der Waals surface area contributed by atoms with Crippen LogP contribution in [0.1, 0.15) is 0 Å². The molecule has 20 heavy (non-hydrogen) atoms. The van der Waals surface area contributed by atoms with Gasteiger partial charge in [0.05, 0.1) is 11.4 Å². The van der Waals surface area contributed by atoms with Crippen molar-refractivity contribution in [1.29, 1.82) is 0 Å². The zero-order valence-electron chi connectivity index (χ0n) is 9.77. The predicted molar refractivity (Wildman–Crippen MR) is 67.4 cm³/mol. The van der Waals surface area contributed by atoms with Gasteiger partial charge in [-0.3, -0.25) is 4.72 Å². The standard InChI is InChI=1S/C12H7F3N2O2S/c13-7-4-5-11(9(15)6-7)17-12-8(14)2-1-3-10(12)16-20(17,18)19/h1-6,16H. The first-order valence-corrected chi connectivity index (χ1v) is 6.91. The zero-order valence-corrected chi connectivity index (χ0v) is 10.6. The lowest BCUT2D eigenvalue weighted by atomic mass is 10.2. The third kappa shape index (κ3) is 1.80. The lowest BCUT2D eigenvalue weighted by Crippen LogP contribution is -2.26. The summed E-state index contributed by atoms with van der Waals surface area (Å²) in [4.78, 5) is 0. The molecule has 0 bridgehead atoms. The highest BCUT2D eigenvalue weighted by Crippen LogP contribution is 2.43. The fourth-order valence-corrected chi connectivity index (χ4v) is 3.37. The molecule has 0 spiro atoms. The number of rotatable bonds is 1. The molecule has 3 rings (SSSR count). The molecule has 104 valence electrons. The van der Waals surface area contributed by atoms with E-state index in [1.165, 1.54) is 12.1 Å². The minimum atomic E-state index is -4.18. The second-order valence-electron chi connectivity index (χ2n) is 4.10. The Labute approximate surface area is 112 Å². The summed E-state index contributed by atoms with van der Waals surface area (Å²) in [5.74, 6) is -2.80. The highest BCUT2D eigenvalue weighted by molar-refractivity contribution is 7.95. The Balaban J connectivity index is 2.28. The van der Waals surface area contributed by atoms with E-state index >= 15 is 0 Å². The van der Waals surface area contributed by atoms with Crippen molar-refractivity contribution in [3.8, 4) is 0 Å². The first-order chi connectivity index (χ1) is 9.40. The van der Waals surface area contributed by atoms with Crippen LogP contribution in [0.2, 0.25) is 0 Å². The molecule has 0 saturated heterocycles. The lowest BCUT2D eigenvalue weighted by Gasteiger charge is -2.17. The van der Waals surface area contributed by atoms with Gasteiger partial charge < -0.3 is 0 Å². The minimum absolute atomic E-state index is 0.00581. The van der Waals surface area contributed by atoms with Crippen molar-refractivity contribution in [3.63, 3.8) is 0 Å². The highest BCUT2D eigenvalue weighted by atomic mass is 32.2. The quantitative estimate of drug-likeness (QED) is 0.880. The minimum Gasteiger partial charge on any atom is -0.264 e. The van der Waals surface area contributed by atoms with E-state index in [1.54, 1.807) is 0 Å². The van der Waals surface area contributed by atoms with Gasteiger partial charge in [-0.15, -0.1) is 0 Å². The summed E-state index contributed by atoms with van der Waals surface area (Å²) >= 11 is 0. The number of halogens is 3. The number of hydrogen-bond donors (Lipinski definition) is 1. The maximum atomic E-state index is 13.8. The number of anilines is 3. The van der Waals surface area contributed by atoms with Gasteiger partial charge >= 0.3 is 10.2 Å². The van der Waals surface area contributed by atoms with Gasteiger partial charge in [0.15, 0.2) is 5.82 Å². The van der Waals surface area contributed by atoms with Gasteiger partial charge in [0.25, 0.3) is 0 Å². The van der Waals surface area contributed by atoms with Gasteiger partial charge in [0.1, 0.15) is 17.3 Å². The molecule has 0 fully saturated rings. The Morgan fingerprint density at radius 1 is 1.00 bits per heavy atom. The van der Waals surface area contributed by atoms with Gasteiger partial charge in [-0.25, -0.2) is 17.5 Å². The summed E-state index contributed by atoms with van der Waals surface area (Å²) in [6.45, 7) is 0. The summed E-state index contributed by atoms with van der Waals surface area (Å²) in [5.41, 5.74) is -0.783. The molecule has 0 unspecified atom stereocenters. The van der Waals surface area contributed by atoms with Crippen LogP contribution in [0.15, 0.2) is 36.4 Å². The van der Waals surface area contributed by atoms with E-state index in [0.29, 0.717) is 10.4 Å². The molecule has 0 saturated carbocycles. The number of para-hydroxylation sites is 1. The van der Waals surface area contributed by atoms with Crippen molar-refractivity contribution in [2.45, 2.75) is 0 Å². The molecule has 0 atom stereocenters. The molecule has 1 heterocycles. The molecule has 1 aliphatic rings. The average molecular weight is 300 g/mol. The first-order valence-electron chi connectivity index (χ1n) is 5.47. The first kappa shape index (κ1) is 12.8. The highest BCUT2D eigenvalue weighted by Gasteiger charge is 2.37. The molecule has 0 amide bonds. The van der Waals surface area contributed by atoms with Gasteiger partial charge in [0, 0.05) is 6.07 Å². The van der Waals surface area contributed by atoms with E-state index in [0.717, 1.165) is 18.2 Å². The van der Waals surface area contributed by atoms with Gasteiger partial charge in [0.2, 0.25) is 0 Å². The van der Waals surface area contributed by atoms with E-state index in [-0.39, 0.29) is 11.4 Å². The molecule has 1 aliphatic heterocycles. The summed E-state index contributed by atoms with van der Waals surface area (Å²) in [6.07, 6.45) is 0. The Morgan fingerprint density at radius 2 is 1.75 bits per heavy atom. The molecule has 1 N–H and O–H groups in total. The van der Waals surface area contributed by atoms with Crippen LogP contribution in [0.25, 0.3) is 0 Å². The van der Waals surface area contributed by atoms with Crippen LogP contribution in [0.3, 0.4) is 0 Å². The van der Waals surface area contributed by atoms with E-state index in [2.05, 4.69) is 4.72 Å². The van der Waals surface area contributed by atoms with Crippen LogP contribution < -0.4 is 9.03 Å². The summed E-state index contributed by atoms with van der Waals surface area (Å²) in [5, 5.41) is 0. The average Bonchev–Trinajstić information content (AvgIpc) is 2.61. The maximum absolute atomic E-state index is 13.8. The molecule has 0 radical (unpaired) electrons. The zero-order chi connectivity index (χ0) is 14.5. The van der Waals surface area contributed by atoms with Crippen molar-refractivity contribution in [2.75, 3.05) is 9.03 Å². The normalized spacial score (nSPS) is 15.8. The van der Waals surface area contributed by atoms with E-state index in [4.69, 9.17) is 0 Å². The van der Waals surface area contributed by atoms with Crippen LogP contribution >= 0.6 is 0 Å². The topological polar surface area (TPSA) is 49.4 Å². The van der Waals surface area contributed by atoms with Crippen LogP contribution in [0.5, 0.6) is 0 Å². The molecule has 2 aromatic rings. The van der Waals surface area contributed by atoms with Gasteiger partial charge in [-0.1, -0.05) is 6.07 Å². The van der Waals surface area contributed by atoms with Crippen LogP contribution in [0.4, 0.5) is 30.2 Å². The molecular formula is C12H7F3N2O2S. The molecule has 8 heteroatoms. The SMILES string of the molecule is O=S1(=O)Nc2cccc(F)c2N1c1ccc(F)cc1F. The Kier molecular flexibility index (Phi) is 2.65. The number of nitrogens with zero attached hydrogens (tertiary/aromatic N) is 1. The van der Waals surface area contributed by atoms with Crippen molar-refractivity contribution in [1.82, 2.24) is 0 Å². The largest absolute Gasteiger partial charge is 0.328 e. The van der Waals surface area contributed by atoms with Gasteiger partial charge in [-0.05, 0) is 24.3 Å². The van der Waals surface area contributed by atoms with Crippen molar-refractivity contribution >= 4 is 27.3 Å². The fourth-order valence-electron chi connectivity index (χ4n) is 2.00. The number of hydrogen-bond acceptors (Lipinski definition) is 2. The molecule has 0 aromatic heterocycles. The number of nitrogens with one attached hydrogen (secondary N) is 1. The molecular weight excluding hydrogens is 293 g/mol. The third-order valence-electron chi connectivity index (χ3n) is 2.80. The Morgan fingerprint density at radius 3 is 2.45 bits per heavy atom. The maximum Gasteiger partial charge on any atom is 0.328 e. The van der Waals surface area contributed by atoms with Crippen molar-refractivity contribution in [3.05, 3.63) is 53.8 Å². The van der Waals surface area contributed by atoms with Gasteiger partial charge in [-0.2, -0.15) is 8.42 Å². The number of fused-ring (bicyclic) bond motifs is 1. The van der Waals surface area contributed by atoms with E-state index in [1.807, 2.05) is 0 Å². The third-order valence-corrected chi connectivity index (χ3v) is 4.14. The van der Waals surface area contributed by atoms with Crippen LogP contribution in [-0.2, 0) is 10.2 Å². The lowest BCUT2D eigenvalue weighted by molar-refractivity contribution is 0.579. The fraction of sp³-hybridized carbons (Fsp3) is 0. The van der Waals surface area contributed by atoms with E-state index in [9.17, 15) is 21.6 Å². The van der Waals surface area contributed by atoms with E-state index < -0.39 is 33.3 Å². The monoisotopic (exact) mass is 300 g/mol. The van der Waals surface area contributed by atoms with Crippen molar-refractivity contribution in [2.24, 2.45) is 0 Å². The summed E-state index contributed by atoms with van der Waals surface area (Å²) in [6, 6.07) is 6.08. The smallest absolute Gasteiger partial charge is 0.264 e. The molecule has 4 nitrogen and oxygen atoms in total. The summed E-state index contributed by atoms with van der Waals surface area (Å²) < 4.78 is 67.1. The van der Waals surface area contributed by atoms with Crippen molar-refractivity contribution < 1.29 is 21.6 Å². The van der Waals surface area contributed by atoms with Crippen LogP contribution in [-0.4, -0.2) is 8.42 Å². The molecule has 0 aliphatic carbocycles. The second-order valence-corrected chi connectivity index (χ2v) is 5.62. The second kappa shape index (κ2) is 4.14. The van der Waals surface area contributed by atoms with Crippen LogP contribution in [0, 0.1) is 17.5 Å². The summed E-state index contributed by atoms with van der Waals surface area (Å²) in [7, 11) is -4.18.